The third kappa shape index (κ3) is 5.77. The van der Waals surface area contributed by atoms with Crippen LogP contribution in [0.3, 0.4) is 0 Å². The molecule has 1 atom stereocenters. The van der Waals surface area contributed by atoms with Crippen LogP contribution in [0.1, 0.15) is 46.5 Å². The van der Waals surface area contributed by atoms with Gasteiger partial charge in [-0.15, -0.1) is 6.58 Å². The van der Waals surface area contributed by atoms with E-state index in [-0.39, 0.29) is 11.0 Å². The fourth-order valence-corrected chi connectivity index (χ4v) is 9.27. The summed E-state index contributed by atoms with van der Waals surface area (Å²) in [6, 6.07) is 21.4. The Hall–Kier alpha value is -2.20. The van der Waals surface area contributed by atoms with E-state index >= 15 is 0 Å². The lowest BCUT2D eigenvalue weighted by Gasteiger charge is -2.43. The molecule has 1 unspecified atom stereocenters. The minimum atomic E-state index is -2.53. The van der Waals surface area contributed by atoms with Gasteiger partial charge in [-0.3, -0.25) is 0 Å². The van der Waals surface area contributed by atoms with Gasteiger partial charge in [0.1, 0.15) is 5.60 Å². The number of allylic oxidation sites excluding steroid dienone is 1. The summed E-state index contributed by atoms with van der Waals surface area (Å²) >= 11 is 0. The van der Waals surface area contributed by atoms with Crippen LogP contribution in [0.5, 0.6) is 0 Å². The fourth-order valence-electron chi connectivity index (χ4n) is 4.66. The molecule has 2 aromatic carbocycles. The molecule has 0 bridgehead atoms. The highest BCUT2D eigenvalue weighted by molar-refractivity contribution is 6.99. The molecule has 0 amide bonds. The molecule has 2 rings (SSSR count). The van der Waals surface area contributed by atoms with Gasteiger partial charge in [0.25, 0.3) is 8.32 Å². The first-order valence-corrected chi connectivity index (χ1v) is 13.5. The van der Waals surface area contributed by atoms with E-state index in [1.807, 2.05) is 6.08 Å². The van der Waals surface area contributed by atoms with Crippen molar-refractivity contribution in [2.24, 2.45) is 5.92 Å². The molecule has 0 saturated heterocycles. The highest BCUT2D eigenvalue weighted by Gasteiger charge is 2.50. The maximum absolute atomic E-state index is 11.0. The van der Waals surface area contributed by atoms with Crippen LogP contribution in [0.25, 0.3) is 0 Å². The third-order valence-corrected chi connectivity index (χ3v) is 11.5. The number of hydrogen-bond acceptors (Lipinski definition) is 2. The van der Waals surface area contributed by atoms with Gasteiger partial charge >= 0.3 is 0 Å². The van der Waals surface area contributed by atoms with Gasteiger partial charge in [-0.1, -0.05) is 113 Å². The van der Waals surface area contributed by atoms with Gasteiger partial charge < -0.3 is 9.53 Å². The molecule has 3 heteroatoms. The summed E-state index contributed by atoms with van der Waals surface area (Å²) in [5.74, 6) is 0.0400. The minimum Gasteiger partial charge on any atom is -0.407 e. The quantitative estimate of drug-likeness (QED) is 0.230. The van der Waals surface area contributed by atoms with Crippen LogP contribution in [0.15, 0.2) is 98.6 Å². The first kappa shape index (κ1) is 26.1. The number of hydrogen-bond donors (Lipinski definition) is 1. The standard InChI is InChI=1S/C29H40O2Si/c1-7-10-18-25(29(30,8-2)9-3)19-17-24-31-32(28(4,5)6,26-20-13-11-14-21-26)27-22-15-12-16-23-27/h7-9,11-16,20-23,25,30H,1-3,10,17-19,24H2,4-6H3. The topological polar surface area (TPSA) is 29.5 Å². The average molecular weight is 449 g/mol. The average Bonchev–Trinajstić information content (AvgIpc) is 2.81. The normalized spacial score (nSPS) is 13.4. The van der Waals surface area contributed by atoms with Crippen LogP contribution in [0.2, 0.25) is 5.04 Å². The third-order valence-electron chi connectivity index (χ3n) is 6.46. The van der Waals surface area contributed by atoms with Crippen molar-refractivity contribution < 1.29 is 9.53 Å². The van der Waals surface area contributed by atoms with Crippen molar-refractivity contribution in [3.8, 4) is 0 Å². The molecule has 0 spiro atoms. The summed E-state index contributed by atoms with van der Waals surface area (Å²) in [6.07, 6.45) is 8.50. The minimum absolute atomic E-state index is 0.0400. The van der Waals surface area contributed by atoms with Crippen molar-refractivity contribution >= 4 is 18.7 Å². The highest BCUT2D eigenvalue weighted by atomic mass is 28.4. The van der Waals surface area contributed by atoms with Gasteiger partial charge in [0, 0.05) is 6.61 Å². The molecule has 0 heterocycles. The lowest BCUT2D eigenvalue weighted by molar-refractivity contribution is 0.0628. The summed E-state index contributed by atoms with van der Waals surface area (Å²) in [7, 11) is -2.53. The lowest BCUT2D eigenvalue weighted by atomic mass is 9.81. The van der Waals surface area contributed by atoms with Crippen molar-refractivity contribution in [2.75, 3.05) is 6.61 Å². The SMILES string of the molecule is C=CCCC(CCCO[Si](c1ccccc1)(c1ccccc1)C(C)(C)C)C(O)(C=C)C=C. The summed E-state index contributed by atoms with van der Waals surface area (Å²) in [6.45, 7) is 19.0. The molecule has 0 aliphatic carbocycles. The molecule has 0 radical (unpaired) electrons. The van der Waals surface area contributed by atoms with E-state index < -0.39 is 13.9 Å². The van der Waals surface area contributed by atoms with Crippen LogP contribution in [0.4, 0.5) is 0 Å². The van der Waals surface area contributed by atoms with Gasteiger partial charge in [-0.25, -0.2) is 0 Å². The molecule has 2 aromatic rings. The molecule has 0 fully saturated rings. The molecule has 32 heavy (non-hydrogen) atoms. The monoisotopic (exact) mass is 448 g/mol. The Morgan fingerprint density at radius 1 is 0.875 bits per heavy atom. The Kier molecular flexibility index (Phi) is 9.44. The Morgan fingerprint density at radius 3 is 1.78 bits per heavy atom. The van der Waals surface area contributed by atoms with Crippen LogP contribution in [0, 0.1) is 5.92 Å². The molecule has 0 saturated carbocycles. The first-order chi connectivity index (χ1) is 15.2. The molecule has 172 valence electrons. The smallest absolute Gasteiger partial charge is 0.261 e. The predicted molar refractivity (Wildman–Crippen MR) is 141 cm³/mol. The van der Waals surface area contributed by atoms with E-state index in [0.717, 1.165) is 25.7 Å². The number of benzene rings is 2. The molecule has 0 aromatic heterocycles. The second kappa shape index (κ2) is 11.6. The molecule has 0 aliphatic rings. The van der Waals surface area contributed by atoms with Gasteiger partial charge in [0.05, 0.1) is 0 Å². The van der Waals surface area contributed by atoms with Crippen molar-refractivity contribution in [1.82, 2.24) is 0 Å². The zero-order valence-corrected chi connectivity index (χ0v) is 21.1. The summed E-state index contributed by atoms with van der Waals surface area (Å²) in [4.78, 5) is 0. The zero-order valence-electron chi connectivity index (χ0n) is 20.1. The van der Waals surface area contributed by atoms with E-state index in [9.17, 15) is 5.11 Å². The van der Waals surface area contributed by atoms with Crippen molar-refractivity contribution in [2.45, 2.75) is 57.1 Å². The van der Waals surface area contributed by atoms with E-state index in [1.165, 1.54) is 10.4 Å². The maximum atomic E-state index is 11.0. The van der Waals surface area contributed by atoms with Crippen LogP contribution < -0.4 is 10.4 Å². The molecule has 1 N–H and O–H groups in total. The van der Waals surface area contributed by atoms with E-state index in [1.54, 1.807) is 12.2 Å². The molecule has 0 aliphatic heterocycles. The van der Waals surface area contributed by atoms with Crippen molar-refractivity contribution in [3.63, 3.8) is 0 Å². The Morgan fingerprint density at radius 2 is 1.38 bits per heavy atom. The fraction of sp³-hybridized carbons (Fsp3) is 0.379. The number of aliphatic hydroxyl groups is 1. The zero-order chi connectivity index (χ0) is 23.7. The van der Waals surface area contributed by atoms with Crippen LogP contribution >= 0.6 is 0 Å². The van der Waals surface area contributed by atoms with Crippen LogP contribution in [-0.2, 0) is 4.43 Å². The van der Waals surface area contributed by atoms with Gasteiger partial charge in [-0.05, 0) is 47.0 Å². The second-order valence-corrected chi connectivity index (χ2v) is 13.8. The molecular weight excluding hydrogens is 408 g/mol. The van der Waals surface area contributed by atoms with Gasteiger partial charge in [0.15, 0.2) is 0 Å². The summed E-state index contributed by atoms with van der Waals surface area (Å²) < 4.78 is 6.99. The predicted octanol–water partition coefficient (Wildman–Crippen LogP) is 6.03. The van der Waals surface area contributed by atoms with Gasteiger partial charge in [0.2, 0.25) is 0 Å². The van der Waals surface area contributed by atoms with Crippen molar-refractivity contribution in [3.05, 3.63) is 98.6 Å². The van der Waals surface area contributed by atoms with Gasteiger partial charge in [-0.2, -0.15) is 0 Å². The lowest BCUT2D eigenvalue weighted by Crippen LogP contribution is -2.66. The molecular formula is C29H40O2Si. The maximum Gasteiger partial charge on any atom is 0.261 e. The van der Waals surface area contributed by atoms with E-state index in [0.29, 0.717) is 6.61 Å². The largest absolute Gasteiger partial charge is 0.407 e. The van der Waals surface area contributed by atoms with E-state index in [2.05, 4.69) is 101 Å². The number of rotatable bonds is 13. The molecule has 2 nitrogen and oxygen atoms in total. The van der Waals surface area contributed by atoms with E-state index in [4.69, 9.17) is 4.43 Å². The Balaban J connectivity index is 2.30. The Labute approximate surface area is 196 Å². The van der Waals surface area contributed by atoms with Crippen LogP contribution in [-0.4, -0.2) is 25.6 Å². The summed E-state index contributed by atoms with van der Waals surface area (Å²) in [5, 5.41) is 13.5. The highest BCUT2D eigenvalue weighted by Crippen LogP contribution is 2.37. The summed E-state index contributed by atoms with van der Waals surface area (Å²) in [5.41, 5.74) is -1.07. The Bertz CT molecular complexity index is 804. The second-order valence-electron chi connectivity index (χ2n) is 9.51. The first-order valence-electron chi connectivity index (χ1n) is 11.6. The van der Waals surface area contributed by atoms with Crippen molar-refractivity contribution in [1.29, 1.82) is 0 Å².